The zero-order chi connectivity index (χ0) is 14.4. The van der Waals surface area contributed by atoms with Crippen LogP contribution in [0.2, 0.25) is 0 Å². The number of halogens is 2. The summed E-state index contributed by atoms with van der Waals surface area (Å²) in [6.07, 6.45) is 1.50. The second kappa shape index (κ2) is 8.55. The second-order valence-electron chi connectivity index (χ2n) is 4.21. The number of rotatable bonds is 4. The Morgan fingerprint density at radius 2 is 2.10 bits per heavy atom. The Bertz CT molecular complexity index is 598. The lowest BCUT2D eigenvalue weighted by Gasteiger charge is -2.11. The first-order chi connectivity index (χ1) is 9.69. The molecule has 21 heavy (non-hydrogen) atoms. The molecule has 8 heteroatoms. The molecule has 0 amide bonds. The van der Waals surface area contributed by atoms with Crippen LogP contribution in [0, 0.1) is 5.82 Å². The first-order valence-electron chi connectivity index (χ1n) is 6.21. The SMILES string of the molecule is CN=C(NCc1cccc(F)c1)NCc1ncnn1C.I. The summed E-state index contributed by atoms with van der Waals surface area (Å²) in [6, 6.07) is 6.45. The van der Waals surface area contributed by atoms with Crippen molar-refractivity contribution in [1.82, 2.24) is 25.4 Å². The van der Waals surface area contributed by atoms with Crippen molar-refractivity contribution in [3.63, 3.8) is 0 Å². The average molecular weight is 404 g/mol. The van der Waals surface area contributed by atoms with Gasteiger partial charge in [0.15, 0.2) is 5.96 Å². The summed E-state index contributed by atoms with van der Waals surface area (Å²) in [5.74, 6) is 1.18. The molecule has 0 radical (unpaired) electrons. The summed E-state index contributed by atoms with van der Waals surface area (Å²) in [5.41, 5.74) is 0.853. The molecule has 0 saturated heterocycles. The Balaban J connectivity index is 0.00000220. The summed E-state index contributed by atoms with van der Waals surface area (Å²) in [7, 11) is 3.50. The maximum Gasteiger partial charge on any atom is 0.191 e. The molecule has 1 aromatic carbocycles. The normalized spacial score (nSPS) is 10.9. The number of guanidine groups is 1. The smallest absolute Gasteiger partial charge is 0.191 e. The maximum atomic E-state index is 13.1. The molecule has 0 bridgehead atoms. The van der Waals surface area contributed by atoms with Crippen LogP contribution in [-0.2, 0) is 20.1 Å². The van der Waals surface area contributed by atoms with Crippen LogP contribution in [0.15, 0.2) is 35.6 Å². The zero-order valence-corrected chi connectivity index (χ0v) is 14.2. The summed E-state index contributed by atoms with van der Waals surface area (Å²) < 4.78 is 14.7. The highest BCUT2D eigenvalue weighted by Crippen LogP contribution is 2.02. The molecular weight excluding hydrogens is 386 g/mol. The van der Waals surface area contributed by atoms with E-state index in [2.05, 4.69) is 25.7 Å². The number of nitrogens with zero attached hydrogens (tertiary/aromatic N) is 4. The number of hydrogen-bond acceptors (Lipinski definition) is 3. The molecule has 0 aliphatic rings. The van der Waals surface area contributed by atoms with Crippen LogP contribution in [0.1, 0.15) is 11.4 Å². The fraction of sp³-hybridized carbons (Fsp3) is 0.308. The number of aryl methyl sites for hydroxylation is 1. The van der Waals surface area contributed by atoms with E-state index in [1.165, 1.54) is 18.5 Å². The number of nitrogens with one attached hydrogen (secondary N) is 2. The van der Waals surface area contributed by atoms with Gasteiger partial charge in [0.05, 0.1) is 6.54 Å². The van der Waals surface area contributed by atoms with Gasteiger partial charge in [-0.15, -0.1) is 24.0 Å². The van der Waals surface area contributed by atoms with Gasteiger partial charge in [-0.05, 0) is 17.7 Å². The predicted octanol–water partition coefficient (Wildman–Crippen LogP) is 1.44. The molecule has 0 unspecified atom stereocenters. The maximum absolute atomic E-state index is 13.1. The predicted molar refractivity (Wildman–Crippen MR) is 89.9 cm³/mol. The number of benzene rings is 1. The monoisotopic (exact) mass is 404 g/mol. The van der Waals surface area contributed by atoms with E-state index in [4.69, 9.17) is 0 Å². The molecule has 0 spiro atoms. The second-order valence-corrected chi connectivity index (χ2v) is 4.21. The highest BCUT2D eigenvalue weighted by Gasteiger charge is 2.03. The van der Waals surface area contributed by atoms with E-state index in [-0.39, 0.29) is 29.8 Å². The zero-order valence-electron chi connectivity index (χ0n) is 11.9. The molecule has 2 aromatic rings. The van der Waals surface area contributed by atoms with Gasteiger partial charge >= 0.3 is 0 Å². The number of hydrogen-bond donors (Lipinski definition) is 2. The van der Waals surface area contributed by atoms with Crippen LogP contribution in [0.3, 0.4) is 0 Å². The minimum Gasteiger partial charge on any atom is -0.352 e. The Morgan fingerprint density at radius 3 is 2.71 bits per heavy atom. The first kappa shape index (κ1) is 17.3. The summed E-state index contributed by atoms with van der Waals surface area (Å²) in [5, 5.41) is 10.2. The highest BCUT2D eigenvalue weighted by molar-refractivity contribution is 14.0. The molecule has 6 nitrogen and oxygen atoms in total. The van der Waals surface area contributed by atoms with Crippen molar-refractivity contribution in [3.8, 4) is 0 Å². The fourth-order valence-electron chi connectivity index (χ4n) is 1.70. The lowest BCUT2D eigenvalue weighted by atomic mass is 10.2. The minimum atomic E-state index is -0.244. The summed E-state index contributed by atoms with van der Waals surface area (Å²) in [6.45, 7) is 1.01. The van der Waals surface area contributed by atoms with Crippen LogP contribution < -0.4 is 10.6 Å². The van der Waals surface area contributed by atoms with Crippen molar-refractivity contribution in [2.24, 2.45) is 12.0 Å². The quantitative estimate of drug-likeness (QED) is 0.460. The largest absolute Gasteiger partial charge is 0.352 e. The Morgan fingerprint density at radius 1 is 1.33 bits per heavy atom. The van der Waals surface area contributed by atoms with Gasteiger partial charge in [-0.2, -0.15) is 5.10 Å². The highest BCUT2D eigenvalue weighted by atomic mass is 127. The topological polar surface area (TPSA) is 67.1 Å². The lowest BCUT2D eigenvalue weighted by Crippen LogP contribution is -2.36. The third-order valence-electron chi connectivity index (χ3n) is 2.79. The third kappa shape index (κ3) is 5.29. The summed E-state index contributed by atoms with van der Waals surface area (Å²) in [4.78, 5) is 8.21. The van der Waals surface area contributed by atoms with E-state index in [0.29, 0.717) is 19.0 Å². The van der Waals surface area contributed by atoms with Gasteiger partial charge in [0, 0.05) is 20.6 Å². The Labute approximate surface area is 139 Å². The van der Waals surface area contributed by atoms with E-state index in [0.717, 1.165) is 11.4 Å². The Kier molecular flexibility index (Phi) is 7.06. The molecule has 1 aromatic heterocycles. The van der Waals surface area contributed by atoms with Crippen molar-refractivity contribution < 1.29 is 4.39 Å². The molecule has 0 aliphatic carbocycles. The molecule has 0 saturated carbocycles. The van der Waals surface area contributed by atoms with Crippen LogP contribution in [-0.4, -0.2) is 27.8 Å². The third-order valence-corrected chi connectivity index (χ3v) is 2.79. The molecule has 0 atom stereocenters. The lowest BCUT2D eigenvalue weighted by molar-refractivity contribution is 0.624. The van der Waals surface area contributed by atoms with Crippen molar-refractivity contribution in [2.45, 2.75) is 13.1 Å². The van der Waals surface area contributed by atoms with E-state index in [1.54, 1.807) is 17.8 Å². The van der Waals surface area contributed by atoms with Gasteiger partial charge in [-0.25, -0.2) is 9.37 Å². The van der Waals surface area contributed by atoms with Gasteiger partial charge in [0.1, 0.15) is 18.0 Å². The fourth-order valence-corrected chi connectivity index (χ4v) is 1.70. The van der Waals surface area contributed by atoms with Crippen molar-refractivity contribution in [3.05, 3.63) is 47.8 Å². The van der Waals surface area contributed by atoms with Crippen molar-refractivity contribution in [2.75, 3.05) is 7.05 Å². The molecular formula is C13H18FIN6. The van der Waals surface area contributed by atoms with Gasteiger partial charge in [-0.3, -0.25) is 9.67 Å². The molecule has 0 fully saturated rings. The van der Waals surface area contributed by atoms with E-state index < -0.39 is 0 Å². The molecule has 2 N–H and O–H groups in total. The van der Waals surface area contributed by atoms with Crippen LogP contribution in [0.25, 0.3) is 0 Å². The van der Waals surface area contributed by atoms with Crippen LogP contribution in [0.4, 0.5) is 4.39 Å². The molecule has 1 heterocycles. The molecule has 2 rings (SSSR count). The number of aromatic nitrogens is 3. The van der Waals surface area contributed by atoms with Gasteiger partial charge < -0.3 is 10.6 Å². The summed E-state index contributed by atoms with van der Waals surface area (Å²) >= 11 is 0. The van der Waals surface area contributed by atoms with Crippen LogP contribution >= 0.6 is 24.0 Å². The van der Waals surface area contributed by atoms with E-state index in [9.17, 15) is 4.39 Å². The molecule has 0 aliphatic heterocycles. The van der Waals surface area contributed by atoms with Gasteiger partial charge in [0.2, 0.25) is 0 Å². The van der Waals surface area contributed by atoms with Crippen molar-refractivity contribution in [1.29, 1.82) is 0 Å². The minimum absolute atomic E-state index is 0. The molecule has 114 valence electrons. The van der Waals surface area contributed by atoms with E-state index in [1.807, 2.05) is 13.1 Å². The van der Waals surface area contributed by atoms with Crippen LogP contribution in [0.5, 0.6) is 0 Å². The standard InChI is InChI=1S/C13H17FN6.HI/c1-15-13(17-8-12-18-9-19-20(12)2)16-7-10-4-3-5-11(14)6-10;/h3-6,9H,7-8H2,1-2H3,(H2,15,16,17);1H. The van der Waals surface area contributed by atoms with Gasteiger partial charge in [-0.1, -0.05) is 12.1 Å². The van der Waals surface area contributed by atoms with Crippen molar-refractivity contribution >= 4 is 29.9 Å². The number of aliphatic imine (C=N–C) groups is 1. The Hall–Kier alpha value is -1.71. The average Bonchev–Trinajstić information content (AvgIpc) is 2.85. The first-order valence-corrected chi connectivity index (χ1v) is 6.21. The van der Waals surface area contributed by atoms with E-state index >= 15 is 0 Å². The van der Waals surface area contributed by atoms with Gasteiger partial charge in [0.25, 0.3) is 0 Å².